The number of halogens is 1. The number of aromatic nitrogens is 2. The Morgan fingerprint density at radius 2 is 1.71 bits per heavy atom. The third kappa shape index (κ3) is 3.03. The summed E-state index contributed by atoms with van der Waals surface area (Å²) in [6, 6.07) is 6.02. The van der Waals surface area contributed by atoms with E-state index in [2.05, 4.69) is 57.2 Å². The van der Waals surface area contributed by atoms with Crippen LogP contribution in [-0.2, 0) is 6.54 Å². The molecule has 2 aromatic rings. The van der Waals surface area contributed by atoms with Crippen LogP contribution < -0.4 is 5.32 Å². The summed E-state index contributed by atoms with van der Waals surface area (Å²) in [7, 11) is 0. The molecule has 3 nitrogen and oxygen atoms in total. The maximum absolute atomic E-state index is 4.19. The van der Waals surface area contributed by atoms with Gasteiger partial charge in [0.1, 0.15) is 5.82 Å². The highest BCUT2D eigenvalue weighted by molar-refractivity contribution is 9.10. The molecule has 0 saturated heterocycles. The molecule has 0 radical (unpaired) electrons. The zero-order valence-corrected chi connectivity index (χ0v) is 11.5. The summed E-state index contributed by atoms with van der Waals surface area (Å²) in [5.74, 6) is 0.800. The first-order chi connectivity index (χ1) is 8.16. The molecule has 1 heterocycles. The topological polar surface area (TPSA) is 37.8 Å². The standard InChI is InChI=1S/C13H14BrN3/c1-9-6-11(14)7-10(2)13(9)17-8-12-15-4-3-5-16-12/h3-7,17H,8H2,1-2H3. The highest BCUT2D eigenvalue weighted by Gasteiger charge is 2.04. The van der Waals surface area contributed by atoms with Crippen LogP contribution in [0.5, 0.6) is 0 Å². The minimum atomic E-state index is 0.643. The molecule has 88 valence electrons. The minimum absolute atomic E-state index is 0.643. The molecule has 0 aliphatic heterocycles. The van der Waals surface area contributed by atoms with E-state index in [0.29, 0.717) is 6.54 Å². The van der Waals surface area contributed by atoms with Crippen molar-refractivity contribution in [1.29, 1.82) is 0 Å². The van der Waals surface area contributed by atoms with E-state index in [4.69, 9.17) is 0 Å². The molecule has 0 aliphatic rings. The molecule has 1 aromatic heterocycles. The second-order valence-electron chi connectivity index (χ2n) is 3.93. The van der Waals surface area contributed by atoms with Crippen molar-refractivity contribution >= 4 is 21.6 Å². The molecule has 1 N–H and O–H groups in total. The van der Waals surface area contributed by atoms with Crippen LogP contribution in [0.3, 0.4) is 0 Å². The Morgan fingerprint density at radius 1 is 1.12 bits per heavy atom. The smallest absolute Gasteiger partial charge is 0.147 e. The zero-order valence-electron chi connectivity index (χ0n) is 9.87. The van der Waals surface area contributed by atoms with Crippen molar-refractivity contribution in [2.24, 2.45) is 0 Å². The third-order valence-corrected chi connectivity index (χ3v) is 3.00. The van der Waals surface area contributed by atoms with Gasteiger partial charge in [0.2, 0.25) is 0 Å². The number of hydrogen-bond donors (Lipinski definition) is 1. The molecular weight excluding hydrogens is 278 g/mol. The van der Waals surface area contributed by atoms with E-state index in [1.165, 1.54) is 11.1 Å². The van der Waals surface area contributed by atoms with Gasteiger partial charge in [0.25, 0.3) is 0 Å². The number of anilines is 1. The maximum atomic E-state index is 4.19. The summed E-state index contributed by atoms with van der Waals surface area (Å²) in [6.45, 7) is 4.82. The predicted molar refractivity (Wildman–Crippen MR) is 73.0 cm³/mol. The molecule has 17 heavy (non-hydrogen) atoms. The monoisotopic (exact) mass is 291 g/mol. The summed E-state index contributed by atoms with van der Waals surface area (Å²) in [5.41, 5.74) is 3.58. The van der Waals surface area contributed by atoms with Crippen molar-refractivity contribution in [2.75, 3.05) is 5.32 Å². The molecule has 0 amide bonds. The molecule has 1 aromatic carbocycles. The van der Waals surface area contributed by atoms with Crippen LogP contribution in [0, 0.1) is 13.8 Å². The molecule has 0 atom stereocenters. The van der Waals surface area contributed by atoms with E-state index in [0.717, 1.165) is 16.0 Å². The van der Waals surface area contributed by atoms with Crippen molar-refractivity contribution in [1.82, 2.24) is 9.97 Å². The normalized spacial score (nSPS) is 10.3. The number of hydrogen-bond acceptors (Lipinski definition) is 3. The summed E-state index contributed by atoms with van der Waals surface area (Å²) in [5, 5.41) is 3.38. The van der Waals surface area contributed by atoms with E-state index in [1.54, 1.807) is 12.4 Å². The number of rotatable bonds is 3. The lowest BCUT2D eigenvalue weighted by molar-refractivity contribution is 0.945. The first kappa shape index (κ1) is 12.0. The van der Waals surface area contributed by atoms with Gasteiger partial charge in [0, 0.05) is 22.6 Å². The molecule has 0 fully saturated rings. The van der Waals surface area contributed by atoms with Crippen LogP contribution in [0.4, 0.5) is 5.69 Å². The van der Waals surface area contributed by atoms with Crippen molar-refractivity contribution in [2.45, 2.75) is 20.4 Å². The number of aryl methyl sites for hydroxylation is 2. The van der Waals surface area contributed by atoms with Gasteiger partial charge in [-0.2, -0.15) is 0 Å². The Labute approximate surface area is 109 Å². The van der Waals surface area contributed by atoms with Gasteiger partial charge in [0.05, 0.1) is 6.54 Å². The first-order valence-corrected chi connectivity index (χ1v) is 6.22. The first-order valence-electron chi connectivity index (χ1n) is 5.43. The van der Waals surface area contributed by atoms with Crippen LogP contribution in [0.2, 0.25) is 0 Å². The highest BCUT2D eigenvalue weighted by atomic mass is 79.9. The van der Waals surface area contributed by atoms with E-state index in [1.807, 2.05) is 6.07 Å². The lowest BCUT2D eigenvalue weighted by Gasteiger charge is -2.12. The molecule has 0 spiro atoms. The molecule has 0 aliphatic carbocycles. The fourth-order valence-corrected chi connectivity index (χ4v) is 2.46. The molecule has 0 unspecified atom stereocenters. The molecule has 0 bridgehead atoms. The molecule has 0 saturated carbocycles. The molecule has 4 heteroatoms. The van der Waals surface area contributed by atoms with Crippen LogP contribution in [0.15, 0.2) is 35.1 Å². The second kappa shape index (κ2) is 5.27. The van der Waals surface area contributed by atoms with E-state index >= 15 is 0 Å². The van der Waals surface area contributed by atoms with Gasteiger partial charge in [-0.25, -0.2) is 9.97 Å². The van der Waals surface area contributed by atoms with Crippen LogP contribution in [0.1, 0.15) is 17.0 Å². The quantitative estimate of drug-likeness (QED) is 0.941. The van der Waals surface area contributed by atoms with Crippen molar-refractivity contribution in [3.63, 3.8) is 0 Å². The van der Waals surface area contributed by atoms with Gasteiger partial charge in [-0.05, 0) is 43.2 Å². The van der Waals surface area contributed by atoms with Gasteiger partial charge < -0.3 is 5.32 Å². The average Bonchev–Trinajstić information content (AvgIpc) is 2.29. The summed E-state index contributed by atoms with van der Waals surface area (Å²) in [6.07, 6.45) is 3.51. The molecular formula is C13H14BrN3. The van der Waals surface area contributed by atoms with E-state index in [-0.39, 0.29) is 0 Å². The van der Waals surface area contributed by atoms with E-state index in [9.17, 15) is 0 Å². The van der Waals surface area contributed by atoms with Gasteiger partial charge in [0.15, 0.2) is 0 Å². The summed E-state index contributed by atoms with van der Waals surface area (Å²) in [4.78, 5) is 8.38. The second-order valence-corrected chi connectivity index (χ2v) is 4.85. The highest BCUT2D eigenvalue weighted by Crippen LogP contribution is 2.25. The molecule has 2 rings (SSSR count). The van der Waals surface area contributed by atoms with Gasteiger partial charge in [-0.3, -0.25) is 0 Å². The van der Waals surface area contributed by atoms with Gasteiger partial charge in [-0.1, -0.05) is 15.9 Å². The number of benzene rings is 1. The summed E-state index contributed by atoms with van der Waals surface area (Å²) < 4.78 is 1.11. The number of nitrogens with zero attached hydrogens (tertiary/aromatic N) is 2. The third-order valence-electron chi connectivity index (χ3n) is 2.54. The van der Waals surface area contributed by atoms with Gasteiger partial charge in [-0.15, -0.1) is 0 Å². The number of nitrogens with one attached hydrogen (secondary N) is 1. The summed E-state index contributed by atoms with van der Waals surface area (Å²) >= 11 is 3.49. The van der Waals surface area contributed by atoms with Gasteiger partial charge >= 0.3 is 0 Å². The lowest BCUT2D eigenvalue weighted by atomic mass is 10.1. The van der Waals surface area contributed by atoms with Crippen molar-refractivity contribution in [3.05, 3.63) is 52.0 Å². The Balaban J connectivity index is 2.15. The van der Waals surface area contributed by atoms with E-state index < -0.39 is 0 Å². The van der Waals surface area contributed by atoms with Crippen molar-refractivity contribution < 1.29 is 0 Å². The van der Waals surface area contributed by atoms with Crippen LogP contribution in [0.25, 0.3) is 0 Å². The zero-order chi connectivity index (χ0) is 12.3. The predicted octanol–water partition coefficient (Wildman–Crippen LogP) is 3.47. The van der Waals surface area contributed by atoms with Crippen LogP contribution in [-0.4, -0.2) is 9.97 Å². The minimum Gasteiger partial charge on any atom is -0.377 e. The van der Waals surface area contributed by atoms with Crippen LogP contribution >= 0.6 is 15.9 Å². The Hall–Kier alpha value is -1.42. The Kier molecular flexibility index (Phi) is 3.74. The Morgan fingerprint density at radius 3 is 2.29 bits per heavy atom. The SMILES string of the molecule is Cc1cc(Br)cc(C)c1NCc1ncccn1. The fraction of sp³-hybridized carbons (Fsp3) is 0.231. The fourth-order valence-electron chi connectivity index (χ4n) is 1.78. The Bertz CT molecular complexity index is 488. The maximum Gasteiger partial charge on any atom is 0.147 e. The van der Waals surface area contributed by atoms with Crippen molar-refractivity contribution in [3.8, 4) is 0 Å². The largest absolute Gasteiger partial charge is 0.377 e. The lowest BCUT2D eigenvalue weighted by Crippen LogP contribution is -2.06. The average molecular weight is 292 g/mol.